The third-order valence-electron chi connectivity index (χ3n) is 5.43. The number of piperazine rings is 1. The molecule has 34 heavy (non-hydrogen) atoms. The van der Waals surface area contributed by atoms with Crippen LogP contribution in [0.3, 0.4) is 0 Å². The second kappa shape index (κ2) is 10.8. The minimum atomic E-state index is -0.408. The van der Waals surface area contributed by atoms with Crippen LogP contribution in [-0.2, 0) is 11.3 Å². The summed E-state index contributed by atoms with van der Waals surface area (Å²) in [5.41, 5.74) is 0.704. The van der Waals surface area contributed by atoms with Crippen molar-refractivity contribution in [2.24, 2.45) is 0 Å². The molecule has 1 N–H and O–H groups in total. The largest absolute Gasteiger partial charge is 0.476 e. The van der Waals surface area contributed by atoms with Crippen molar-refractivity contribution >= 4 is 11.7 Å². The molecule has 1 aliphatic rings. The van der Waals surface area contributed by atoms with Crippen LogP contribution < -0.4 is 20.5 Å². The summed E-state index contributed by atoms with van der Waals surface area (Å²) in [5, 5.41) is 6.92. The average Bonchev–Trinajstić information content (AvgIpc) is 2.84. The van der Waals surface area contributed by atoms with Crippen molar-refractivity contribution in [3.63, 3.8) is 0 Å². The van der Waals surface area contributed by atoms with Crippen LogP contribution in [0.1, 0.15) is 0 Å². The zero-order valence-electron chi connectivity index (χ0n) is 18.9. The summed E-state index contributed by atoms with van der Waals surface area (Å²) in [5.74, 6) is 0.503. The fourth-order valence-electron chi connectivity index (χ4n) is 3.49. The molecule has 1 aromatic carbocycles. The highest BCUT2D eigenvalue weighted by atomic mass is 19.1. The summed E-state index contributed by atoms with van der Waals surface area (Å²) in [7, 11) is 2.09. The molecule has 1 saturated heterocycles. The number of carbonyl (C=O) groups excluding carboxylic acids is 1. The maximum Gasteiger partial charge on any atom is 0.267 e. The van der Waals surface area contributed by atoms with E-state index in [4.69, 9.17) is 4.74 Å². The van der Waals surface area contributed by atoms with Gasteiger partial charge >= 0.3 is 0 Å². The number of nitrogens with one attached hydrogen (secondary N) is 1. The molecule has 0 aliphatic carbocycles. The molecule has 0 saturated carbocycles. The lowest BCUT2D eigenvalue weighted by molar-refractivity contribution is -0.122. The second-order valence-electron chi connectivity index (χ2n) is 7.92. The normalized spacial score (nSPS) is 14.1. The Hall–Kier alpha value is -3.86. The highest BCUT2D eigenvalue weighted by Gasteiger charge is 2.16. The van der Waals surface area contributed by atoms with E-state index in [1.165, 1.54) is 30.6 Å². The summed E-state index contributed by atoms with van der Waals surface area (Å²) in [6.45, 7) is 3.92. The van der Waals surface area contributed by atoms with Gasteiger partial charge in [-0.05, 0) is 37.4 Å². The number of halogens is 1. The number of hydrogen-bond donors (Lipinski definition) is 1. The molecule has 0 unspecified atom stereocenters. The number of likely N-dealkylation sites (N-methyl/N-ethyl adjacent to an activating group) is 1. The number of nitrogens with zero attached hydrogens (tertiary/aromatic N) is 6. The Bertz CT molecular complexity index is 1180. The Labute approximate surface area is 196 Å². The van der Waals surface area contributed by atoms with Crippen molar-refractivity contribution < 1.29 is 13.9 Å². The maximum absolute atomic E-state index is 13.1. The quantitative estimate of drug-likeness (QED) is 0.485. The summed E-state index contributed by atoms with van der Waals surface area (Å²) >= 11 is 0. The monoisotopic (exact) mass is 467 g/mol. The standard InChI is InChI=1S/C23H26FN7O3/c1-29-9-11-30(12-10-29)20-14-22(27-16-26-20)34-13-8-25-21(32)15-31-23(33)7-6-19(28-31)17-2-4-18(24)5-3-17/h2-7,14,16H,8-13,15H2,1H3,(H,25,32). The Morgan fingerprint density at radius 1 is 1.09 bits per heavy atom. The number of amides is 1. The van der Waals surface area contributed by atoms with Gasteiger partial charge < -0.3 is 19.9 Å². The van der Waals surface area contributed by atoms with Crippen molar-refractivity contribution in [3.8, 4) is 17.1 Å². The maximum atomic E-state index is 13.1. The van der Waals surface area contributed by atoms with E-state index in [9.17, 15) is 14.0 Å². The third-order valence-corrected chi connectivity index (χ3v) is 5.43. The molecule has 1 amide bonds. The Balaban J connectivity index is 1.26. The van der Waals surface area contributed by atoms with E-state index < -0.39 is 5.56 Å². The number of benzene rings is 1. The molecular formula is C23H26FN7O3. The molecule has 2 aromatic heterocycles. The minimum Gasteiger partial charge on any atom is -0.476 e. The number of ether oxygens (including phenoxy) is 1. The zero-order valence-corrected chi connectivity index (χ0v) is 18.9. The van der Waals surface area contributed by atoms with Crippen LogP contribution in [-0.4, -0.2) is 76.9 Å². The molecule has 1 fully saturated rings. The van der Waals surface area contributed by atoms with Crippen molar-refractivity contribution in [1.29, 1.82) is 0 Å². The van der Waals surface area contributed by atoms with E-state index >= 15 is 0 Å². The highest BCUT2D eigenvalue weighted by Crippen LogP contribution is 2.17. The lowest BCUT2D eigenvalue weighted by Gasteiger charge is -2.33. The SMILES string of the molecule is CN1CCN(c2cc(OCCNC(=O)Cn3nc(-c4ccc(F)cc4)ccc3=O)ncn2)CC1. The predicted octanol–water partition coefficient (Wildman–Crippen LogP) is 0.786. The van der Waals surface area contributed by atoms with Crippen LogP contribution in [0.4, 0.5) is 10.2 Å². The van der Waals surface area contributed by atoms with Gasteiger partial charge in [0.1, 0.15) is 31.1 Å². The van der Waals surface area contributed by atoms with Crippen LogP contribution >= 0.6 is 0 Å². The molecule has 3 heterocycles. The van der Waals surface area contributed by atoms with Crippen molar-refractivity contribution in [2.45, 2.75) is 6.54 Å². The molecule has 0 radical (unpaired) electrons. The lowest BCUT2D eigenvalue weighted by Crippen LogP contribution is -2.44. The molecule has 11 heteroatoms. The van der Waals surface area contributed by atoms with Crippen LogP contribution in [0.25, 0.3) is 11.3 Å². The summed E-state index contributed by atoms with van der Waals surface area (Å²) in [6.07, 6.45) is 1.47. The van der Waals surface area contributed by atoms with Gasteiger partial charge in [-0.3, -0.25) is 9.59 Å². The van der Waals surface area contributed by atoms with Gasteiger partial charge in [0.2, 0.25) is 11.8 Å². The molecule has 10 nitrogen and oxygen atoms in total. The molecule has 3 aromatic rings. The van der Waals surface area contributed by atoms with Gasteiger partial charge in [0, 0.05) is 43.9 Å². The van der Waals surface area contributed by atoms with Gasteiger partial charge in [0.15, 0.2) is 0 Å². The van der Waals surface area contributed by atoms with Crippen molar-refractivity contribution in [3.05, 3.63) is 65.0 Å². The molecule has 0 atom stereocenters. The Morgan fingerprint density at radius 3 is 2.62 bits per heavy atom. The van der Waals surface area contributed by atoms with E-state index in [0.29, 0.717) is 17.1 Å². The summed E-state index contributed by atoms with van der Waals surface area (Å²) < 4.78 is 19.9. The first kappa shape index (κ1) is 23.3. The van der Waals surface area contributed by atoms with E-state index in [-0.39, 0.29) is 31.4 Å². The number of hydrogen-bond acceptors (Lipinski definition) is 8. The molecular weight excluding hydrogens is 441 g/mol. The molecule has 0 bridgehead atoms. The fourth-order valence-corrected chi connectivity index (χ4v) is 3.49. The predicted molar refractivity (Wildman–Crippen MR) is 124 cm³/mol. The Kier molecular flexibility index (Phi) is 7.43. The second-order valence-corrected chi connectivity index (χ2v) is 7.92. The highest BCUT2D eigenvalue weighted by molar-refractivity contribution is 5.75. The number of rotatable bonds is 8. The van der Waals surface area contributed by atoms with E-state index in [1.54, 1.807) is 18.2 Å². The van der Waals surface area contributed by atoms with E-state index in [0.717, 1.165) is 36.7 Å². The average molecular weight is 468 g/mol. The van der Waals surface area contributed by atoms with Crippen LogP contribution in [0.2, 0.25) is 0 Å². The van der Waals surface area contributed by atoms with Crippen LogP contribution in [0, 0.1) is 5.82 Å². The number of carbonyl (C=O) groups is 1. The van der Waals surface area contributed by atoms with Gasteiger partial charge in [-0.2, -0.15) is 5.10 Å². The van der Waals surface area contributed by atoms with Crippen LogP contribution in [0.5, 0.6) is 5.88 Å². The molecule has 1 aliphatic heterocycles. The van der Waals surface area contributed by atoms with Gasteiger partial charge in [-0.25, -0.2) is 19.0 Å². The Morgan fingerprint density at radius 2 is 1.85 bits per heavy atom. The van der Waals surface area contributed by atoms with Gasteiger partial charge in [-0.15, -0.1) is 0 Å². The topological polar surface area (TPSA) is 105 Å². The van der Waals surface area contributed by atoms with Gasteiger partial charge in [0.05, 0.1) is 12.2 Å². The molecule has 0 spiro atoms. The van der Waals surface area contributed by atoms with Gasteiger partial charge in [0.25, 0.3) is 5.56 Å². The fraction of sp³-hybridized carbons (Fsp3) is 0.348. The third kappa shape index (κ3) is 6.13. The van der Waals surface area contributed by atoms with Crippen LogP contribution in [0.15, 0.2) is 53.6 Å². The zero-order chi connectivity index (χ0) is 23.9. The summed E-state index contributed by atoms with van der Waals surface area (Å²) in [4.78, 5) is 37.3. The first-order valence-electron chi connectivity index (χ1n) is 11.0. The minimum absolute atomic E-state index is 0.211. The van der Waals surface area contributed by atoms with Crippen molar-refractivity contribution in [2.75, 3.05) is 51.3 Å². The van der Waals surface area contributed by atoms with E-state index in [1.807, 2.05) is 0 Å². The number of aromatic nitrogens is 4. The van der Waals surface area contributed by atoms with Crippen molar-refractivity contribution in [1.82, 2.24) is 30.0 Å². The number of anilines is 1. The lowest BCUT2D eigenvalue weighted by atomic mass is 10.1. The molecule has 4 rings (SSSR count). The van der Waals surface area contributed by atoms with Gasteiger partial charge in [-0.1, -0.05) is 0 Å². The van der Waals surface area contributed by atoms with E-state index in [2.05, 4.69) is 37.2 Å². The molecule has 178 valence electrons. The smallest absolute Gasteiger partial charge is 0.267 e. The summed E-state index contributed by atoms with van der Waals surface area (Å²) in [6, 6.07) is 10.4. The first-order valence-corrected chi connectivity index (χ1v) is 11.0. The first-order chi connectivity index (χ1) is 16.5.